The van der Waals surface area contributed by atoms with E-state index in [0.29, 0.717) is 23.7 Å². The Morgan fingerprint density at radius 3 is 2.00 bits per heavy atom. The third-order valence-electron chi connectivity index (χ3n) is 2.81. The lowest BCUT2D eigenvalue weighted by Gasteiger charge is -2.28. The molecule has 1 saturated heterocycles. The molecule has 0 aromatic heterocycles. The summed E-state index contributed by atoms with van der Waals surface area (Å²) in [4.78, 5) is 10.9. The molecule has 1 N–H and O–H groups in total. The van der Waals surface area contributed by atoms with Crippen molar-refractivity contribution >= 4 is 5.91 Å². The number of carbonyl (C=O) groups excluding carboxylic acids is 1. The minimum absolute atomic E-state index is 0.0382. The average molecular weight is 237 g/mol. The highest BCUT2D eigenvalue weighted by Gasteiger charge is 2.28. The molecule has 92 valence electrons. The van der Waals surface area contributed by atoms with Gasteiger partial charge in [0.15, 0.2) is 11.5 Å². The zero-order valence-electron chi connectivity index (χ0n) is 10.1. The van der Waals surface area contributed by atoms with Crippen LogP contribution in [-0.2, 0) is 4.79 Å². The first-order valence-corrected chi connectivity index (χ1v) is 5.29. The molecule has 0 spiro atoms. The summed E-state index contributed by atoms with van der Waals surface area (Å²) in [5, 5.41) is 2.81. The fourth-order valence-electron chi connectivity index (χ4n) is 1.86. The zero-order chi connectivity index (χ0) is 12.4. The van der Waals surface area contributed by atoms with Crippen molar-refractivity contribution in [3.8, 4) is 17.2 Å². The molecule has 0 aliphatic carbocycles. The Morgan fingerprint density at radius 2 is 1.65 bits per heavy atom. The standard InChI is InChI=1S/C12H15NO4/c1-15-9-4-7(8-6-11(14)13-8)5-10(16-2)12(9)17-3/h4-5,8H,6H2,1-3H3,(H,13,14). The van der Waals surface area contributed by atoms with E-state index < -0.39 is 0 Å². The van der Waals surface area contributed by atoms with Crippen molar-refractivity contribution < 1.29 is 19.0 Å². The molecule has 1 aliphatic heterocycles. The summed E-state index contributed by atoms with van der Waals surface area (Å²) in [7, 11) is 4.70. The van der Waals surface area contributed by atoms with Gasteiger partial charge in [-0.3, -0.25) is 4.79 Å². The summed E-state index contributed by atoms with van der Waals surface area (Å²) >= 11 is 0. The zero-order valence-corrected chi connectivity index (χ0v) is 10.1. The van der Waals surface area contributed by atoms with E-state index in [4.69, 9.17) is 14.2 Å². The van der Waals surface area contributed by atoms with Crippen LogP contribution in [0.25, 0.3) is 0 Å². The van der Waals surface area contributed by atoms with Crippen LogP contribution in [0.15, 0.2) is 12.1 Å². The molecular weight excluding hydrogens is 222 g/mol. The third-order valence-corrected chi connectivity index (χ3v) is 2.81. The first-order chi connectivity index (χ1) is 8.19. The minimum Gasteiger partial charge on any atom is -0.493 e. The number of benzene rings is 1. The van der Waals surface area contributed by atoms with E-state index in [2.05, 4.69) is 5.32 Å². The average Bonchev–Trinajstić information content (AvgIpc) is 2.33. The van der Waals surface area contributed by atoms with Gasteiger partial charge in [0.05, 0.1) is 33.8 Å². The molecule has 1 aliphatic rings. The molecule has 0 bridgehead atoms. The normalized spacial score (nSPS) is 18.1. The summed E-state index contributed by atoms with van der Waals surface area (Å²) in [6.45, 7) is 0. The summed E-state index contributed by atoms with van der Waals surface area (Å²) in [5.74, 6) is 1.82. The molecular formula is C12H15NO4. The van der Waals surface area contributed by atoms with Gasteiger partial charge in [-0.05, 0) is 17.7 Å². The Labute approximate surface area is 99.7 Å². The number of hydrogen-bond donors (Lipinski definition) is 1. The SMILES string of the molecule is COc1cc(C2CC(=O)N2)cc(OC)c1OC. The van der Waals surface area contributed by atoms with Crippen molar-refractivity contribution in [3.63, 3.8) is 0 Å². The lowest BCUT2D eigenvalue weighted by atomic mass is 9.96. The predicted octanol–water partition coefficient (Wildman–Crippen LogP) is 1.27. The first kappa shape index (κ1) is 11.6. The molecule has 5 heteroatoms. The Bertz CT molecular complexity index is 411. The van der Waals surface area contributed by atoms with Gasteiger partial charge in [-0.15, -0.1) is 0 Å². The molecule has 1 unspecified atom stereocenters. The van der Waals surface area contributed by atoms with Crippen LogP contribution in [0.2, 0.25) is 0 Å². The Kier molecular flexibility index (Phi) is 3.08. The molecule has 1 aromatic carbocycles. The van der Waals surface area contributed by atoms with Crippen LogP contribution < -0.4 is 19.5 Å². The maximum Gasteiger partial charge on any atom is 0.222 e. The second kappa shape index (κ2) is 4.53. The number of nitrogens with one attached hydrogen (secondary N) is 1. The van der Waals surface area contributed by atoms with Crippen LogP contribution in [-0.4, -0.2) is 27.2 Å². The van der Waals surface area contributed by atoms with E-state index in [-0.39, 0.29) is 11.9 Å². The number of ether oxygens (including phenoxy) is 3. The van der Waals surface area contributed by atoms with Gasteiger partial charge in [-0.2, -0.15) is 0 Å². The number of carbonyl (C=O) groups is 1. The highest BCUT2D eigenvalue weighted by atomic mass is 16.5. The molecule has 1 fully saturated rings. The molecule has 1 amide bonds. The topological polar surface area (TPSA) is 56.8 Å². The Hall–Kier alpha value is -1.91. The van der Waals surface area contributed by atoms with Gasteiger partial charge in [-0.25, -0.2) is 0 Å². The van der Waals surface area contributed by atoms with Crippen LogP contribution in [0, 0.1) is 0 Å². The molecule has 5 nitrogen and oxygen atoms in total. The van der Waals surface area contributed by atoms with Crippen LogP contribution in [0.4, 0.5) is 0 Å². The highest BCUT2D eigenvalue weighted by molar-refractivity contribution is 5.83. The van der Waals surface area contributed by atoms with E-state index in [1.165, 1.54) is 0 Å². The maximum atomic E-state index is 10.9. The summed E-state index contributed by atoms with van der Waals surface area (Å²) in [6, 6.07) is 3.74. The van der Waals surface area contributed by atoms with Crippen molar-refractivity contribution in [2.75, 3.05) is 21.3 Å². The monoisotopic (exact) mass is 237 g/mol. The first-order valence-electron chi connectivity index (χ1n) is 5.29. The van der Waals surface area contributed by atoms with Gasteiger partial charge < -0.3 is 19.5 Å². The van der Waals surface area contributed by atoms with Gasteiger partial charge in [0.2, 0.25) is 11.7 Å². The van der Waals surface area contributed by atoms with Crippen LogP contribution in [0.5, 0.6) is 17.2 Å². The van der Waals surface area contributed by atoms with Crippen molar-refractivity contribution in [2.24, 2.45) is 0 Å². The fourth-order valence-corrected chi connectivity index (χ4v) is 1.86. The largest absolute Gasteiger partial charge is 0.493 e. The van der Waals surface area contributed by atoms with E-state index >= 15 is 0 Å². The van der Waals surface area contributed by atoms with Crippen molar-refractivity contribution in [1.29, 1.82) is 0 Å². The molecule has 1 aromatic rings. The third kappa shape index (κ3) is 2.00. The number of methoxy groups -OCH3 is 3. The quantitative estimate of drug-likeness (QED) is 0.801. The molecule has 1 atom stereocenters. The number of rotatable bonds is 4. The van der Waals surface area contributed by atoms with Gasteiger partial charge in [0.1, 0.15) is 0 Å². The van der Waals surface area contributed by atoms with E-state index in [0.717, 1.165) is 5.56 Å². The summed E-state index contributed by atoms with van der Waals surface area (Å²) in [5.41, 5.74) is 0.958. The van der Waals surface area contributed by atoms with Gasteiger partial charge >= 0.3 is 0 Å². The molecule has 17 heavy (non-hydrogen) atoms. The molecule has 0 saturated carbocycles. The van der Waals surface area contributed by atoms with Crippen LogP contribution >= 0.6 is 0 Å². The van der Waals surface area contributed by atoms with Crippen LogP contribution in [0.3, 0.4) is 0 Å². The molecule has 1 heterocycles. The van der Waals surface area contributed by atoms with E-state index in [9.17, 15) is 4.79 Å². The second-order valence-corrected chi connectivity index (χ2v) is 3.78. The van der Waals surface area contributed by atoms with Crippen molar-refractivity contribution in [2.45, 2.75) is 12.5 Å². The maximum absolute atomic E-state index is 10.9. The number of amides is 1. The van der Waals surface area contributed by atoms with E-state index in [1.807, 2.05) is 12.1 Å². The number of hydrogen-bond acceptors (Lipinski definition) is 4. The summed E-state index contributed by atoms with van der Waals surface area (Å²) in [6.07, 6.45) is 0.499. The molecule has 2 rings (SSSR count). The van der Waals surface area contributed by atoms with Gasteiger partial charge in [0.25, 0.3) is 0 Å². The fraction of sp³-hybridized carbons (Fsp3) is 0.417. The minimum atomic E-state index is 0.0382. The lowest BCUT2D eigenvalue weighted by Crippen LogP contribution is -2.41. The van der Waals surface area contributed by atoms with Gasteiger partial charge in [-0.1, -0.05) is 0 Å². The summed E-state index contributed by atoms with van der Waals surface area (Å²) < 4.78 is 15.7. The van der Waals surface area contributed by atoms with Gasteiger partial charge in [0, 0.05) is 0 Å². The van der Waals surface area contributed by atoms with Crippen molar-refractivity contribution in [1.82, 2.24) is 5.32 Å². The highest BCUT2D eigenvalue weighted by Crippen LogP contribution is 2.41. The van der Waals surface area contributed by atoms with Crippen molar-refractivity contribution in [3.05, 3.63) is 17.7 Å². The van der Waals surface area contributed by atoms with Crippen LogP contribution in [0.1, 0.15) is 18.0 Å². The Balaban J connectivity index is 2.38. The molecule has 0 radical (unpaired) electrons. The second-order valence-electron chi connectivity index (χ2n) is 3.78. The number of β-lactam (4-membered cyclic amide) rings is 1. The predicted molar refractivity (Wildman–Crippen MR) is 61.6 cm³/mol. The smallest absolute Gasteiger partial charge is 0.222 e. The lowest BCUT2D eigenvalue weighted by molar-refractivity contribution is -0.128. The van der Waals surface area contributed by atoms with E-state index in [1.54, 1.807) is 21.3 Å². The Morgan fingerprint density at radius 1 is 1.12 bits per heavy atom.